The minimum Gasteiger partial charge on any atom is -0.494 e. The lowest BCUT2D eigenvalue weighted by molar-refractivity contribution is 0.0770. The molecule has 0 spiro atoms. The standard InChI is InChI=1S/C16H19F2N5O2/c1-21(2)11-8-22(9-12(11)23-7-6-19-20-23)16(24)14-10(17)4-5-13(25-3)15(14)18/h4-7,11-12H,8-9H2,1-3H3/t11-,12+/m1/s1. The molecule has 0 radical (unpaired) electrons. The van der Waals surface area contributed by atoms with Crippen molar-refractivity contribution >= 4 is 5.91 Å². The lowest BCUT2D eigenvalue weighted by Crippen LogP contribution is -2.37. The zero-order chi connectivity index (χ0) is 18.1. The average Bonchev–Trinajstić information content (AvgIpc) is 3.24. The molecule has 1 saturated heterocycles. The summed E-state index contributed by atoms with van der Waals surface area (Å²) in [6.07, 6.45) is 3.26. The first-order chi connectivity index (χ1) is 11.9. The topological polar surface area (TPSA) is 63.5 Å². The normalized spacial score (nSPS) is 20.3. The van der Waals surface area contributed by atoms with Gasteiger partial charge < -0.3 is 14.5 Å². The first-order valence-electron chi connectivity index (χ1n) is 7.77. The van der Waals surface area contributed by atoms with Crippen molar-refractivity contribution in [3.63, 3.8) is 0 Å². The Kier molecular flexibility index (Phi) is 4.67. The quantitative estimate of drug-likeness (QED) is 0.828. The van der Waals surface area contributed by atoms with Gasteiger partial charge in [-0.15, -0.1) is 5.10 Å². The highest BCUT2D eigenvalue weighted by Crippen LogP contribution is 2.29. The molecule has 9 heteroatoms. The van der Waals surface area contributed by atoms with E-state index in [2.05, 4.69) is 10.3 Å². The van der Waals surface area contributed by atoms with E-state index in [4.69, 9.17) is 4.74 Å². The summed E-state index contributed by atoms with van der Waals surface area (Å²) in [5.41, 5.74) is -0.601. The molecule has 0 bridgehead atoms. The maximum atomic E-state index is 14.4. The Labute approximate surface area is 143 Å². The van der Waals surface area contributed by atoms with Crippen LogP contribution in [0.3, 0.4) is 0 Å². The Bertz CT molecular complexity index is 766. The smallest absolute Gasteiger partial charge is 0.260 e. The van der Waals surface area contributed by atoms with Crippen LogP contribution in [-0.4, -0.2) is 71.0 Å². The van der Waals surface area contributed by atoms with Gasteiger partial charge in [0, 0.05) is 19.3 Å². The molecule has 1 aliphatic rings. The number of ether oxygens (including phenoxy) is 1. The van der Waals surface area contributed by atoms with Crippen LogP contribution in [-0.2, 0) is 0 Å². The number of nitrogens with zero attached hydrogens (tertiary/aromatic N) is 5. The molecule has 2 atom stereocenters. The van der Waals surface area contributed by atoms with Crippen LogP contribution in [0.15, 0.2) is 24.5 Å². The van der Waals surface area contributed by atoms with Gasteiger partial charge in [0.05, 0.1) is 25.4 Å². The van der Waals surface area contributed by atoms with Gasteiger partial charge in [0.25, 0.3) is 5.91 Å². The molecule has 0 saturated carbocycles. The summed E-state index contributed by atoms with van der Waals surface area (Å²) in [5, 5.41) is 7.79. The number of likely N-dealkylation sites (tertiary alicyclic amines) is 1. The fourth-order valence-electron chi connectivity index (χ4n) is 3.14. The van der Waals surface area contributed by atoms with E-state index >= 15 is 0 Å². The summed E-state index contributed by atoms with van der Waals surface area (Å²) in [6, 6.07) is 1.98. The molecular weight excluding hydrogens is 332 g/mol. The number of likely N-dealkylation sites (N-methyl/N-ethyl adjacent to an activating group) is 1. The second kappa shape index (κ2) is 6.75. The van der Waals surface area contributed by atoms with Gasteiger partial charge in [-0.05, 0) is 26.2 Å². The lowest BCUT2D eigenvalue weighted by atomic mass is 10.1. The van der Waals surface area contributed by atoms with Crippen LogP contribution in [0.4, 0.5) is 8.78 Å². The van der Waals surface area contributed by atoms with Gasteiger partial charge in [-0.3, -0.25) is 4.79 Å². The van der Waals surface area contributed by atoms with Crippen molar-refractivity contribution in [3.8, 4) is 5.75 Å². The minimum absolute atomic E-state index is 0.0534. The number of hydrogen-bond donors (Lipinski definition) is 0. The van der Waals surface area contributed by atoms with E-state index in [-0.39, 0.29) is 24.4 Å². The highest BCUT2D eigenvalue weighted by Gasteiger charge is 2.40. The van der Waals surface area contributed by atoms with Gasteiger partial charge in [0.2, 0.25) is 0 Å². The van der Waals surface area contributed by atoms with Gasteiger partial charge >= 0.3 is 0 Å². The molecule has 0 N–H and O–H groups in total. The van der Waals surface area contributed by atoms with Gasteiger partial charge in [0.1, 0.15) is 11.4 Å². The molecule has 1 fully saturated rings. The van der Waals surface area contributed by atoms with Crippen molar-refractivity contribution in [2.45, 2.75) is 12.1 Å². The van der Waals surface area contributed by atoms with Crippen molar-refractivity contribution in [2.75, 3.05) is 34.3 Å². The zero-order valence-electron chi connectivity index (χ0n) is 14.2. The molecule has 0 unspecified atom stereocenters. The van der Waals surface area contributed by atoms with Crippen molar-refractivity contribution in [1.82, 2.24) is 24.8 Å². The highest BCUT2D eigenvalue weighted by atomic mass is 19.1. The summed E-state index contributed by atoms with van der Waals surface area (Å²) in [5.74, 6) is -2.77. The van der Waals surface area contributed by atoms with Crippen molar-refractivity contribution in [3.05, 3.63) is 41.7 Å². The minimum atomic E-state index is -0.988. The van der Waals surface area contributed by atoms with E-state index in [9.17, 15) is 13.6 Å². The predicted molar refractivity (Wildman–Crippen MR) is 85.3 cm³/mol. The third kappa shape index (κ3) is 3.07. The average molecular weight is 351 g/mol. The van der Waals surface area contributed by atoms with Crippen LogP contribution < -0.4 is 4.74 Å². The van der Waals surface area contributed by atoms with Crippen LogP contribution in [0, 0.1) is 11.6 Å². The number of rotatable bonds is 4. The summed E-state index contributed by atoms with van der Waals surface area (Å²) in [7, 11) is 5.04. The molecule has 1 amide bonds. The SMILES string of the molecule is COc1ccc(F)c(C(=O)N2C[C@@H](N(C)C)[C@@H](n3ccnn3)C2)c1F. The number of carbonyl (C=O) groups is 1. The first kappa shape index (κ1) is 17.3. The fraction of sp³-hybridized carbons (Fsp3) is 0.438. The van der Waals surface area contributed by atoms with E-state index in [0.29, 0.717) is 6.54 Å². The van der Waals surface area contributed by atoms with Crippen molar-refractivity contribution < 1.29 is 18.3 Å². The Hall–Kier alpha value is -2.55. The van der Waals surface area contributed by atoms with E-state index in [1.165, 1.54) is 12.0 Å². The van der Waals surface area contributed by atoms with Gasteiger partial charge in [-0.2, -0.15) is 0 Å². The maximum absolute atomic E-state index is 14.4. The first-order valence-corrected chi connectivity index (χ1v) is 7.77. The van der Waals surface area contributed by atoms with Crippen LogP contribution in [0.25, 0.3) is 0 Å². The van der Waals surface area contributed by atoms with Crippen LogP contribution in [0.1, 0.15) is 16.4 Å². The Morgan fingerprint density at radius 2 is 2.08 bits per heavy atom. The highest BCUT2D eigenvalue weighted by molar-refractivity contribution is 5.95. The Morgan fingerprint density at radius 3 is 2.68 bits per heavy atom. The number of methoxy groups -OCH3 is 1. The number of carbonyl (C=O) groups excluding carboxylic acids is 1. The summed E-state index contributed by atoms with van der Waals surface area (Å²) < 4.78 is 35.0. The van der Waals surface area contributed by atoms with Gasteiger partial charge in [-0.1, -0.05) is 5.21 Å². The number of amides is 1. The third-order valence-electron chi connectivity index (χ3n) is 4.48. The predicted octanol–water partition coefficient (Wildman–Crippen LogP) is 1.19. The number of hydrogen-bond acceptors (Lipinski definition) is 5. The zero-order valence-corrected chi connectivity index (χ0v) is 14.2. The van der Waals surface area contributed by atoms with Crippen LogP contribution >= 0.6 is 0 Å². The van der Waals surface area contributed by atoms with E-state index in [1.807, 2.05) is 19.0 Å². The van der Waals surface area contributed by atoms with Gasteiger partial charge in [0.15, 0.2) is 11.6 Å². The second-order valence-electron chi connectivity index (χ2n) is 6.13. The Balaban J connectivity index is 1.91. The summed E-state index contributed by atoms with van der Waals surface area (Å²) >= 11 is 0. The van der Waals surface area contributed by atoms with E-state index in [1.54, 1.807) is 17.1 Å². The molecule has 3 rings (SSSR count). The molecule has 2 aromatic rings. The van der Waals surface area contributed by atoms with Crippen LogP contribution in [0.5, 0.6) is 5.75 Å². The molecule has 2 heterocycles. The molecule has 1 aromatic heterocycles. The van der Waals surface area contributed by atoms with Crippen LogP contribution in [0.2, 0.25) is 0 Å². The monoisotopic (exact) mass is 351 g/mol. The number of halogens is 2. The van der Waals surface area contributed by atoms with E-state index in [0.717, 1.165) is 12.1 Å². The summed E-state index contributed by atoms with van der Waals surface area (Å²) in [6.45, 7) is 0.605. The number of aromatic nitrogens is 3. The lowest BCUT2D eigenvalue weighted by Gasteiger charge is -2.24. The Morgan fingerprint density at radius 1 is 1.32 bits per heavy atom. The van der Waals surface area contributed by atoms with Crippen molar-refractivity contribution in [2.24, 2.45) is 0 Å². The molecule has 1 aliphatic heterocycles. The maximum Gasteiger partial charge on any atom is 0.260 e. The second-order valence-corrected chi connectivity index (χ2v) is 6.13. The molecule has 134 valence electrons. The summed E-state index contributed by atoms with van der Waals surface area (Å²) in [4.78, 5) is 16.2. The molecule has 7 nitrogen and oxygen atoms in total. The largest absolute Gasteiger partial charge is 0.494 e. The van der Waals surface area contributed by atoms with E-state index < -0.39 is 23.1 Å². The fourth-order valence-corrected chi connectivity index (χ4v) is 3.14. The third-order valence-corrected chi connectivity index (χ3v) is 4.48. The molecule has 0 aliphatic carbocycles. The van der Waals surface area contributed by atoms with Gasteiger partial charge in [-0.25, -0.2) is 13.5 Å². The number of benzene rings is 1. The molecular formula is C16H19F2N5O2. The van der Waals surface area contributed by atoms with Crippen molar-refractivity contribution in [1.29, 1.82) is 0 Å². The molecule has 25 heavy (non-hydrogen) atoms. The molecule has 1 aromatic carbocycles.